The Hall–Kier alpha value is -13.4. The fraction of sp³-hybridized carbons (Fsp3) is 0.330. The zero-order valence-electron chi connectivity index (χ0n) is 78.9. The standard InChI is InChI=1S/C22H23N5O.C21H24BCl2NO9.C21H25N5O4S.C19H18N2O2.C17H15F2IN4O4/c1-22(2)14-26-19-12-16(5-6-18(19)22)27-21(28)17-4-3-9-24-20(17)25-13-15-7-10-23-11-8-15;1-11(2)7-16(22-33-19(30)10-21(34-22,20(31)32)9-18(28)29)25-17(27)6-5-15(26)13-8-12(23)3-4-14(13)24;22-31(28,29)30-11-14-9-15(10-19(14)27)26-8-7-17-20(23-12-24-21(17)26)25-18-6-5-13-3-1-2-4-16(13)18;1-2-17(22)15-4-3-14-10-16(6-5-13(14)9-15)19(23)7-8-21-12-20-11-18(19)21;1-23-15-12(16(27)24(7-21-15)5-9(26)6-25)14(13(19)17(23)28)22-11-3-2-8(20)4-10(11)18/h3-12,26H,13-14H2,1-2H3,(H,24,25)(H,27,28);3-4,8,11,16H,5-7,9-10H2,1-2H3,(H,25,27)(H,28,29)(H,31,32);1-4,7-8,12,14-15,18-19,27H,5-6,9-11H2,(H2,22,28,29)(H,23,24,25);3-6,9-12,23H,2,7-8H2,1H3;2-4,7,9,22,25-26H,5-6H2,1H3/t;16-,21?;14-,15?,18-,19-;;9-/m.00.1/s1. The number of hydrogen-bond donors (Lipinski definition) is 13. The lowest BCUT2D eigenvalue weighted by Gasteiger charge is -2.37. The summed E-state index contributed by atoms with van der Waals surface area (Å²) >= 11 is 13.8. The molecule has 7 aromatic heterocycles. The number of pyridine rings is 3. The van der Waals surface area contributed by atoms with Crippen LogP contribution in [0.25, 0.3) is 32.8 Å². The number of carboxylic acids is 2. The van der Waals surface area contributed by atoms with Crippen LogP contribution < -0.4 is 48.2 Å². The monoisotopic (exact) mass is 2140 g/mol. The van der Waals surface area contributed by atoms with E-state index in [-0.39, 0.29) is 101 Å². The van der Waals surface area contributed by atoms with Crippen LogP contribution in [0, 0.1) is 27.0 Å². The van der Waals surface area contributed by atoms with Crippen molar-refractivity contribution >= 4 is 172 Å². The number of hydrogen-bond acceptors (Lipinski definition) is 28. The molecule has 1 saturated heterocycles. The van der Waals surface area contributed by atoms with E-state index in [0.29, 0.717) is 52.2 Å². The summed E-state index contributed by atoms with van der Waals surface area (Å²) in [6, 6.07) is 44.3. The highest BCUT2D eigenvalue weighted by molar-refractivity contribution is 14.1. The maximum absolute atomic E-state index is 14.7. The molecule has 44 heteroatoms. The number of aliphatic hydroxyl groups is 4. The Labute approximate surface area is 848 Å². The van der Waals surface area contributed by atoms with E-state index < -0.39 is 124 Å². The van der Waals surface area contributed by atoms with Crippen molar-refractivity contribution in [1.29, 1.82) is 0 Å². The molecular formula is C100H105BCl2F2IN17O20S. The largest absolute Gasteiger partial charge is 0.552 e. The number of nitrogens with one attached hydrogen (secondary N) is 6. The van der Waals surface area contributed by atoms with Crippen LogP contribution >= 0.6 is 45.8 Å². The highest BCUT2D eigenvalue weighted by atomic mass is 127. The fourth-order valence-electron chi connectivity index (χ4n) is 17.9. The Kier molecular flexibility index (Phi) is 34.1. The lowest BCUT2D eigenvalue weighted by molar-refractivity contribution is -0.175. The van der Waals surface area contributed by atoms with Gasteiger partial charge in [-0.05, 0) is 190 Å². The molecule has 2 aliphatic carbocycles. The number of amides is 2. The molecule has 1 saturated carbocycles. The first-order chi connectivity index (χ1) is 68.6. The zero-order valence-corrected chi connectivity index (χ0v) is 83.3. The van der Waals surface area contributed by atoms with Gasteiger partial charge in [-0.25, -0.2) is 39.2 Å². The maximum Gasteiger partial charge on any atom is 0.552 e. The highest BCUT2D eigenvalue weighted by Crippen LogP contribution is 2.44. The van der Waals surface area contributed by atoms with Gasteiger partial charge in [-0.1, -0.05) is 112 Å². The number of aliphatic carboxylic acids is 2. The Morgan fingerprint density at radius 2 is 1.58 bits per heavy atom. The van der Waals surface area contributed by atoms with Gasteiger partial charge in [0.05, 0.1) is 102 Å². The number of nitrogens with two attached hydrogens (primary N) is 1. The van der Waals surface area contributed by atoms with Gasteiger partial charge in [-0.3, -0.25) is 56.7 Å². The number of carboxylic acid groups (broad SMARTS) is 2. The van der Waals surface area contributed by atoms with Crippen molar-refractivity contribution in [3.05, 3.63) is 292 Å². The molecule has 14 N–H and O–H groups in total. The summed E-state index contributed by atoms with van der Waals surface area (Å²) in [6.07, 6.45) is 13.7. The van der Waals surface area contributed by atoms with Crippen molar-refractivity contribution < 1.29 is 94.9 Å². The Morgan fingerprint density at radius 3 is 2.32 bits per heavy atom. The van der Waals surface area contributed by atoms with Gasteiger partial charge in [-0.2, -0.15) is 12.8 Å². The van der Waals surface area contributed by atoms with E-state index in [9.17, 15) is 80.8 Å². The second-order valence-corrected chi connectivity index (χ2v) is 39.8. The van der Waals surface area contributed by atoms with E-state index in [1.54, 1.807) is 55.6 Å². The molecule has 13 aromatic rings. The second kappa shape index (κ2) is 46.1. The van der Waals surface area contributed by atoms with E-state index in [1.165, 1.54) is 54.1 Å². The first kappa shape index (κ1) is 106. The number of aryl methyl sites for hydroxylation is 3. The van der Waals surface area contributed by atoms with Crippen LogP contribution in [0.15, 0.2) is 205 Å². The molecule has 5 aliphatic rings. The average molecular weight is 2140 g/mol. The number of anilines is 6. The first-order valence-corrected chi connectivity index (χ1v) is 49.4. The van der Waals surface area contributed by atoms with Crippen molar-refractivity contribution in [2.45, 2.75) is 172 Å². The highest BCUT2D eigenvalue weighted by Gasteiger charge is 2.55. The van der Waals surface area contributed by atoms with Crippen LogP contribution in [-0.4, -0.2) is 179 Å². The summed E-state index contributed by atoms with van der Waals surface area (Å²) in [6.45, 7) is 11.1. The quantitative estimate of drug-likeness (QED) is 0.0113. The molecule has 10 heterocycles. The van der Waals surface area contributed by atoms with Gasteiger partial charge < -0.3 is 81.0 Å². The first-order valence-electron chi connectivity index (χ1n) is 46.1. The van der Waals surface area contributed by atoms with E-state index >= 15 is 0 Å². The number of halogens is 5. The van der Waals surface area contributed by atoms with Gasteiger partial charge in [0.25, 0.3) is 23.0 Å². The minimum absolute atomic E-state index is 0.0171. The summed E-state index contributed by atoms with van der Waals surface area (Å²) in [5.74, 6) is -7.05. The summed E-state index contributed by atoms with van der Waals surface area (Å²) in [4.78, 5) is 135. The lowest BCUT2D eigenvalue weighted by Crippen LogP contribution is -2.61. The molecule has 2 fully saturated rings. The number of ketones is 2. The van der Waals surface area contributed by atoms with E-state index in [1.807, 2.05) is 125 Å². The van der Waals surface area contributed by atoms with Crippen LogP contribution in [0.2, 0.25) is 10.0 Å². The van der Waals surface area contributed by atoms with E-state index in [0.717, 1.165) is 103 Å². The van der Waals surface area contributed by atoms with Gasteiger partial charge in [0.2, 0.25) is 11.7 Å². The average Bonchev–Trinajstić information content (AvgIpc) is 1.59. The maximum atomic E-state index is 14.7. The molecule has 8 atom stereocenters. The van der Waals surface area contributed by atoms with Gasteiger partial charge in [0.15, 0.2) is 22.8 Å². The Balaban J connectivity index is 0.000000143. The SMILES string of the molecule is CC(C)C[C@H](NC(=O)CCC(=O)c1cc(Cl)ccc1Cl)B1OC(=O)CC(CC(=O)O)(C(=O)O)O1.CC1(C)CNc2cc(NC(=O)c3cccnc3NCc3ccncc3)ccc21.CCC(=O)c1ccc2cc(C3(O)CCn4cncc43)ccc2c1.Cn1c(=O)c(F)c(Nc2ccc(I)cc2F)c2c(=O)n(C[C@@H](O)CO)cnc21.NS(=O)(=O)OC[C@@H]1CC(n2ccc3c(N[C@H]4CCc5ccccc54)ncnc32)C[C@@H]1O. The topological polar surface area (TPSA) is 532 Å². The lowest BCUT2D eigenvalue weighted by atomic mass is 9.70. The van der Waals surface area contributed by atoms with E-state index in [4.69, 9.17) is 52.0 Å². The van der Waals surface area contributed by atoms with Crippen molar-refractivity contribution in [3.8, 4) is 0 Å². The van der Waals surface area contributed by atoms with Crippen molar-refractivity contribution in [3.63, 3.8) is 0 Å². The van der Waals surface area contributed by atoms with Gasteiger partial charge >= 0.3 is 29.4 Å². The third-order valence-corrected chi connectivity index (χ3v) is 27.1. The summed E-state index contributed by atoms with van der Waals surface area (Å²) in [7, 11) is -4.30. The third kappa shape index (κ3) is 25.3. The molecule has 754 valence electrons. The predicted octanol–water partition coefficient (Wildman–Crippen LogP) is 13.2. The number of carbonyl (C=O) groups is 7. The zero-order chi connectivity index (χ0) is 103. The number of rotatable bonds is 30. The fourth-order valence-corrected chi connectivity index (χ4v) is 19.1. The smallest absolute Gasteiger partial charge is 0.508 e. The number of fused-ring (bicyclic) bond motifs is 6. The minimum Gasteiger partial charge on any atom is -0.508 e. The summed E-state index contributed by atoms with van der Waals surface area (Å²) in [5.41, 5.74) is 5.01. The van der Waals surface area contributed by atoms with Crippen molar-refractivity contribution in [2.75, 3.05) is 46.3 Å². The van der Waals surface area contributed by atoms with Crippen LogP contribution in [0.3, 0.4) is 0 Å². The molecule has 2 amide bonds. The van der Waals surface area contributed by atoms with Crippen LogP contribution in [0.5, 0.6) is 0 Å². The number of aliphatic hydroxyl groups excluding tert-OH is 3. The molecule has 18 rings (SSSR count). The molecular weight excluding hydrogens is 2040 g/mol. The predicted molar refractivity (Wildman–Crippen MR) is 544 cm³/mol. The van der Waals surface area contributed by atoms with E-state index in [2.05, 4.69) is 106 Å². The van der Waals surface area contributed by atoms with Crippen molar-refractivity contribution in [1.82, 2.24) is 53.5 Å². The normalized spacial score (nSPS) is 18.3. The Morgan fingerprint density at radius 1 is 0.819 bits per heavy atom. The molecule has 3 unspecified atom stereocenters. The minimum atomic E-state index is -4.03. The van der Waals surface area contributed by atoms with Crippen molar-refractivity contribution in [2.24, 2.45) is 24.0 Å². The number of nitrogens with zero attached hydrogens (tertiary/aromatic N) is 10. The molecule has 6 aromatic carbocycles. The molecule has 0 radical (unpaired) electrons. The van der Waals surface area contributed by atoms with Crippen LogP contribution in [-0.2, 0) is 87.1 Å². The molecule has 0 bridgehead atoms. The van der Waals surface area contributed by atoms with Gasteiger partial charge in [-0.15, -0.1) is 0 Å². The molecule has 144 heavy (non-hydrogen) atoms. The third-order valence-electron chi connectivity index (χ3n) is 25.4. The summed E-state index contributed by atoms with van der Waals surface area (Å²) in [5, 5.41) is 85.2. The Bertz CT molecular complexity index is 7270. The summed E-state index contributed by atoms with van der Waals surface area (Å²) < 4.78 is 72.9. The number of imidazole rings is 1. The number of benzene rings is 6. The van der Waals surface area contributed by atoms with Crippen LogP contribution in [0.1, 0.15) is 175 Å². The van der Waals surface area contributed by atoms with Gasteiger partial charge in [0, 0.05) is 126 Å². The molecule has 37 nitrogen and oxygen atoms in total. The molecule has 3 aliphatic heterocycles. The number of Topliss-reactive ketones (excluding diaryl/α,β-unsaturated/α-hetero) is 2. The number of carbonyl (C=O) groups excluding carboxylic acids is 5. The molecule has 0 spiro atoms. The van der Waals surface area contributed by atoms with Crippen LogP contribution in [0.4, 0.5) is 43.2 Å². The second-order valence-electron chi connectivity index (χ2n) is 36.5. The van der Waals surface area contributed by atoms with Gasteiger partial charge in [0.1, 0.15) is 46.7 Å². The number of aromatic nitrogens is 10.